The number of ether oxygens (including phenoxy) is 1. The molecule has 1 aliphatic heterocycles. The number of nitriles is 1. The van der Waals surface area contributed by atoms with Gasteiger partial charge in [-0.2, -0.15) is 5.26 Å². The van der Waals surface area contributed by atoms with Crippen LogP contribution in [0.2, 0.25) is 0 Å². The van der Waals surface area contributed by atoms with Crippen molar-refractivity contribution in [1.29, 1.82) is 5.26 Å². The number of Topliss-reactive ketones (excluding diaryl/α,β-unsaturated/α-hetero) is 1. The van der Waals surface area contributed by atoms with Crippen LogP contribution < -0.4 is 15.6 Å². The highest BCUT2D eigenvalue weighted by Crippen LogP contribution is 2.33. The summed E-state index contributed by atoms with van der Waals surface area (Å²) in [5, 5.41) is 11.1. The molecule has 3 aromatic carbocycles. The predicted octanol–water partition coefficient (Wildman–Crippen LogP) is 4.70. The molecule has 0 amide bonds. The topological polar surface area (TPSA) is 74.2 Å². The lowest BCUT2D eigenvalue weighted by molar-refractivity contribution is -0.274. The van der Waals surface area contributed by atoms with Crippen LogP contribution in [-0.4, -0.2) is 12.1 Å². The highest BCUT2D eigenvalue weighted by atomic mass is 19.4. The van der Waals surface area contributed by atoms with E-state index in [4.69, 9.17) is 0 Å². The lowest BCUT2D eigenvalue weighted by Crippen LogP contribution is -2.42. The number of carbonyl (C=O) groups is 1. The largest absolute Gasteiger partial charge is 0.573 e. The first kappa shape index (κ1) is 21.4. The van der Waals surface area contributed by atoms with Crippen molar-refractivity contribution in [3.8, 4) is 11.8 Å². The third-order valence-electron chi connectivity index (χ3n) is 5.31. The molecule has 0 saturated carbocycles. The van der Waals surface area contributed by atoms with Gasteiger partial charge in [0.1, 0.15) is 11.5 Å². The summed E-state index contributed by atoms with van der Waals surface area (Å²) in [6.45, 7) is 0. The molecule has 162 valence electrons. The SMILES string of the molecule is N#Cc1ccc(C2NNC=CC2C(=O)Cc2ccc(OC(F)(F)F)cc2)c2ccccc12. The molecule has 4 rings (SSSR count). The number of hydrazine groups is 1. The maximum atomic E-state index is 13.1. The molecule has 0 spiro atoms. The molecule has 0 aromatic heterocycles. The minimum absolute atomic E-state index is 0.0493. The van der Waals surface area contributed by atoms with Crippen LogP contribution in [-0.2, 0) is 11.2 Å². The van der Waals surface area contributed by atoms with Crippen molar-refractivity contribution in [3.05, 3.63) is 89.6 Å². The molecule has 0 saturated heterocycles. The van der Waals surface area contributed by atoms with Crippen molar-refractivity contribution < 1.29 is 22.7 Å². The van der Waals surface area contributed by atoms with Crippen molar-refractivity contribution >= 4 is 16.6 Å². The van der Waals surface area contributed by atoms with Crippen LogP contribution in [0.1, 0.15) is 22.7 Å². The monoisotopic (exact) mass is 437 g/mol. The van der Waals surface area contributed by atoms with Gasteiger partial charge in [0, 0.05) is 12.6 Å². The van der Waals surface area contributed by atoms with E-state index in [-0.39, 0.29) is 18.0 Å². The fourth-order valence-corrected chi connectivity index (χ4v) is 3.87. The number of fused-ring (bicyclic) bond motifs is 1. The third kappa shape index (κ3) is 4.58. The summed E-state index contributed by atoms with van der Waals surface area (Å²) in [5.41, 5.74) is 8.06. The number of halogens is 3. The van der Waals surface area contributed by atoms with Crippen LogP contribution in [0.5, 0.6) is 5.75 Å². The van der Waals surface area contributed by atoms with Crippen LogP contribution in [0.25, 0.3) is 10.8 Å². The summed E-state index contributed by atoms with van der Waals surface area (Å²) in [7, 11) is 0. The Morgan fingerprint density at radius 3 is 2.44 bits per heavy atom. The summed E-state index contributed by atoms with van der Waals surface area (Å²) >= 11 is 0. The van der Waals surface area contributed by atoms with E-state index < -0.39 is 18.3 Å². The number of ketones is 1. The minimum Gasteiger partial charge on any atom is -0.406 e. The van der Waals surface area contributed by atoms with E-state index in [1.165, 1.54) is 24.3 Å². The van der Waals surface area contributed by atoms with E-state index in [1.54, 1.807) is 18.3 Å². The van der Waals surface area contributed by atoms with Crippen LogP contribution in [0.15, 0.2) is 72.9 Å². The summed E-state index contributed by atoms with van der Waals surface area (Å²) in [6, 6.07) is 18.2. The van der Waals surface area contributed by atoms with E-state index in [1.807, 2.05) is 30.3 Å². The molecule has 0 radical (unpaired) electrons. The van der Waals surface area contributed by atoms with Gasteiger partial charge < -0.3 is 10.2 Å². The van der Waals surface area contributed by atoms with E-state index in [0.717, 1.165) is 16.3 Å². The number of nitrogens with zero attached hydrogens (tertiary/aromatic N) is 1. The minimum atomic E-state index is -4.76. The lowest BCUT2D eigenvalue weighted by Gasteiger charge is -2.30. The first-order valence-corrected chi connectivity index (χ1v) is 9.82. The van der Waals surface area contributed by atoms with Gasteiger partial charge in [-0.3, -0.25) is 4.79 Å². The number of benzene rings is 3. The molecule has 2 N–H and O–H groups in total. The number of nitrogens with one attached hydrogen (secondary N) is 2. The summed E-state index contributed by atoms with van der Waals surface area (Å²) in [5.74, 6) is -0.948. The molecule has 0 bridgehead atoms. The van der Waals surface area contributed by atoms with Gasteiger partial charge in [-0.1, -0.05) is 48.5 Å². The Kier molecular flexibility index (Phi) is 5.84. The number of hydrogen-bond donors (Lipinski definition) is 2. The Balaban J connectivity index is 1.59. The predicted molar refractivity (Wildman–Crippen MR) is 112 cm³/mol. The average Bonchev–Trinajstić information content (AvgIpc) is 2.78. The van der Waals surface area contributed by atoms with Gasteiger partial charge in [0.2, 0.25) is 0 Å². The number of alkyl halides is 3. The Labute approximate surface area is 182 Å². The zero-order valence-corrected chi connectivity index (χ0v) is 16.7. The lowest BCUT2D eigenvalue weighted by atomic mass is 9.84. The van der Waals surface area contributed by atoms with Crippen molar-refractivity contribution in [3.63, 3.8) is 0 Å². The van der Waals surface area contributed by atoms with Crippen molar-refractivity contribution in [2.24, 2.45) is 5.92 Å². The molecule has 0 aliphatic carbocycles. The molecule has 1 heterocycles. The van der Waals surface area contributed by atoms with Crippen molar-refractivity contribution in [1.82, 2.24) is 10.9 Å². The Morgan fingerprint density at radius 2 is 1.75 bits per heavy atom. The molecule has 8 heteroatoms. The first-order chi connectivity index (χ1) is 15.4. The Bertz CT molecular complexity index is 1210. The standard InChI is InChI=1S/C24H18F3N3O2/c25-24(26,27)32-17-8-5-15(6-9-17)13-22(31)21-11-12-29-30-23(21)20-10-7-16(14-28)18-3-1-2-4-19(18)20/h1-12,21,23,29-30H,13H2. The second-order valence-electron chi connectivity index (χ2n) is 7.35. The highest BCUT2D eigenvalue weighted by molar-refractivity contribution is 5.92. The molecule has 32 heavy (non-hydrogen) atoms. The van der Waals surface area contributed by atoms with Gasteiger partial charge in [0.15, 0.2) is 0 Å². The van der Waals surface area contributed by atoms with Crippen LogP contribution >= 0.6 is 0 Å². The van der Waals surface area contributed by atoms with Gasteiger partial charge >= 0.3 is 6.36 Å². The number of carbonyl (C=O) groups excluding carboxylic acids is 1. The average molecular weight is 437 g/mol. The molecular weight excluding hydrogens is 419 g/mol. The Morgan fingerprint density at radius 1 is 1.03 bits per heavy atom. The molecule has 2 atom stereocenters. The number of rotatable bonds is 5. The zero-order valence-electron chi connectivity index (χ0n) is 16.7. The molecule has 2 unspecified atom stereocenters. The van der Waals surface area contributed by atoms with E-state index in [9.17, 15) is 23.2 Å². The molecule has 3 aromatic rings. The highest BCUT2D eigenvalue weighted by Gasteiger charge is 2.32. The fourth-order valence-electron chi connectivity index (χ4n) is 3.87. The Hall–Kier alpha value is -3.83. The maximum absolute atomic E-state index is 13.1. The van der Waals surface area contributed by atoms with Gasteiger partial charge in [-0.05, 0) is 40.1 Å². The van der Waals surface area contributed by atoms with E-state index in [0.29, 0.717) is 11.1 Å². The summed E-state index contributed by atoms with van der Waals surface area (Å²) in [6.07, 6.45) is -1.31. The normalized spacial score (nSPS) is 18.1. The van der Waals surface area contributed by atoms with Crippen molar-refractivity contribution in [2.45, 2.75) is 18.8 Å². The van der Waals surface area contributed by atoms with Crippen LogP contribution in [0.4, 0.5) is 13.2 Å². The van der Waals surface area contributed by atoms with E-state index >= 15 is 0 Å². The molecular formula is C24H18F3N3O2. The van der Waals surface area contributed by atoms with Crippen LogP contribution in [0.3, 0.4) is 0 Å². The number of hydrogen-bond acceptors (Lipinski definition) is 5. The third-order valence-corrected chi connectivity index (χ3v) is 5.31. The molecule has 1 aliphatic rings. The second kappa shape index (κ2) is 8.73. The zero-order chi connectivity index (χ0) is 22.7. The summed E-state index contributed by atoms with van der Waals surface area (Å²) < 4.78 is 40.9. The molecule has 5 nitrogen and oxygen atoms in total. The fraction of sp³-hybridized carbons (Fsp3) is 0.167. The van der Waals surface area contributed by atoms with Gasteiger partial charge in [-0.25, -0.2) is 5.43 Å². The first-order valence-electron chi connectivity index (χ1n) is 9.82. The maximum Gasteiger partial charge on any atom is 0.573 e. The van der Waals surface area contributed by atoms with E-state index in [2.05, 4.69) is 21.7 Å². The second-order valence-corrected chi connectivity index (χ2v) is 7.35. The molecule has 0 fully saturated rings. The smallest absolute Gasteiger partial charge is 0.406 e. The quantitative estimate of drug-likeness (QED) is 0.605. The van der Waals surface area contributed by atoms with Gasteiger partial charge in [-0.15, -0.1) is 13.2 Å². The summed E-state index contributed by atoms with van der Waals surface area (Å²) in [4.78, 5) is 13.1. The van der Waals surface area contributed by atoms with Crippen molar-refractivity contribution in [2.75, 3.05) is 0 Å². The van der Waals surface area contributed by atoms with Gasteiger partial charge in [0.05, 0.1) is 23.6 Å². The van der Waals surface area contributed by atoms with Gasteiger partial charge in [0.25, 0.3) is 0 Å². The van der Waals surface area contributed by atoms with Crippen LogP contribution in [0, 0.1) is 17.2 Å².